The summed E-state index contributed by atoms with van der Waals surface area (Å²) in [4.78, 5) is 33.0. The summed E-state index contributed by atoms with van der Waals surface area (Å²) in [5, 5.41) is 0. The fourth-order valence-electron chi connectivity index (χ4n) is 4.62. The Hall–Kier alpha value is -4.02. The van der Waals surface area contributed by atoms with Gasteiger partial charge in [0, 0.05) is 38.3 Å². The first-order valence-electron chi connectivity index (χ1n) is 13.0. The van der Waals surface area contributed by atoms with Crippen molar-refractivity contribution < 1.29 is 33.0 Å². The van der Waals surface area contributed by atoms with Crippen LogP contribution in [-0.2, 0) is 22.6 Å². The first-order chi connectivity index (χ1) is 19.1. The van der Waals surface area contributed by atoms with E-state index in [4.69, 9.17) is 23.4 Å². The predicted octanol–water partition coefficient (Wildman–Crippen LogP) is 3.02. The van der Waals surface area contributed by atoms with Gasteiger partial charge in [-0.2, -0.15) is 0 Å². The zero-order valence-corrected chi connectivity index (χ0v) is 22.0. The molecule has 3 heterocycles. The highest BCUT2D eigenvalue weighted by molar-refractivity contribution is 5.96. The number of hydrogen-bond acceptors (Lipinski definition) is 8. The zero-order chi connectivity index (χ0) is 27.0. The lowest BCUT2D eigenvalue weighted by Crippen LogP contribution is -2.47. The number of carbonyl (C=O) groups excluding carboxylic acids is 2. The van der Waals surface area contributed by atoms with Crippen LogP contribution in [0.4, 0.5) is 0 Å². The normalized spacial score (nSPS) is 14.7. The van der Waals surface area contributed by atoms with E-state index in [9.17, 15) is 9.59 Å². The zero-order valence-electron chi connectivity index (χ0n) is 22.0. The maximum Gasteiger partial charge on any atom is 0.254 e. The molecule has 2 aliphatic heterocycles. The highest BCUT2D eigenvalue weighted by Gasteiger charge is 2.25. The number of morpholine rings is 1. The Kier molecular flexibility index (Phi) is 8.65. The number of fused-ring (bicyclic) bond motifs is 1. The number of amides is 2. The maximum atomic E-state index is 13.8. The van der Waals surface area contributed by atoms with Crippen molar-refractivity contribution in [3.8, 4) is 17.2 Å². The Morgan fingerprint density at radius 2 is 1.79 bits per heavy atom. The van der Waals surface area contributed by atoms with Crippen LogP contribution in [0.2, 0.25) is 0 Å². The van der Waals surface area contributed by atoms with E-state index in [0.29, 0.717) is 61.4 Å². The van der Waals surface area contributed by atoms with Crippen LogP contribution in [0.1, 0.15) is 21.7 Å². The monoisotopic (exact) mass is 535 g/mol. The fraction of sp³-hybridized carbons (Fsp3) is 0.379. The van der Waals surface area contributed by atoms with Crippen molar-refractivity contribution in [1.82, 2.24) is 14.7 Å². The molecule has 0 N–H and O–H groups in total. The van der Waals surface area contributed by atoms with Gasteiger partial charge in [0.1, 0.15) is 18.1 Å². The van der Waals surface area contributed by atoms with Gasteiger partial charge < -0.3 is 33.2 Å². The average Bonchev–Trinajstić information content (AvgIpc) is 3.67. The van der Waals surface area contributed by atoms with E-state index < -0.39 is 0 Å². The second-order valence-electron chi connectivity index (χ2n) is 9.43. The SMILES string of the molecule is COc1cccc(C(=O)N(CCN2CCOCC2)CC(=O)N(Cc2ccc3c(c2)OCO3)Cc2ccco2)c1. The molecule has 0 bridgehead atoms. The molecule has 0 radical (unpaired) electrons. The van der Waals surface area contributed by atoms with E-state index >= 15 is 0 Å². The highest BCUT2D eigenvalue weighted by atomic mass is 16.7. The number of benzene rings is 2. The summed E-state index contributed by atoms with van der Waals surface area (Å²) >= 11 is 0. The van der Waals surface area contributed by atoms with Gasteiger partial charge >= 0.3 is 0 Å². The quantitative estimate of drug-likeness (QED) is 0.370. The van der Waals surface area contributed by atoms with Crippen molar-refractivity contribution in [3.05, 3.63) is 77.7 Å². The third-order valence-electron chi connectivity index (χ3n) is 6.81. The van der Waals surface area contributed by atoms with Crippen LogP contribution < -0.4 is 14.2 Å². The van der Waals surface area contributed by atoms with Crippen molar-refractivity contribution >= 4 is 11.8 Å². The van der Waals surface area contributed by atoms with E-state index in [-0.39, 0.29) is 31.7 Å². The minimum atomic E-state index is -0.225. The first-order valence-corrected chi connectivity index (χ1v) is 13.0. The van der Waals surface area contributed by atoms with Crippen LogP contribution in [0.25, 0.3) is 0 Å². The number of methoxy groups -OCH3 is 1. The lowest BCUT2D eigenvalue weighted by molar-refractivity contribution is -0.133. The molecule has 2 aromatic carbocycles. The molecule has 0 atom stereocenters. The summed E-state index contributed by atoms with van der Waals surface area (Å²) in [5.41, 5.74) is 1.36. The first kappa shape index (κ1) is 26.6. The smallest absolute Gasteiger partial charge is 0.254 e. The summed E-state index contributed by atoms with van der Waals surface area (Å²) in [7, 11) is 1.56. The fourth-order valence-corrected chi connectivity index (χ4v) is 4.62. The van der Waals surface area contributed by atoms with E-state index in [2.05, 4.69) is 4.90 Å². The Morgan fingerprint density at radius 1 is 0.949 bits per heavy atom. The third kappa shape index (κ3) is 6.90. The van der Waals surface area contributed by atoms with Gasteiger partial charge in [-0.25, -0.2) is 0 Å². The average molecular weight is 536 g/mol. The Balaban J connectivity index is 1.35. The standard InChI is InChI=1S/C29H33N3O7/c1-35-24-5-2-4-23(17-24)29(34)31(10-9-30-11-14-36-15-12-30)20-28(33)32(19-25-6-3-13-37-25)18-22-7-8-26-27(16-22)39-21-38-26/h2-8,13,16-17H,9-12,14-15,18-21H2,1H3. The molecule has 1 fully saturated rings. The maximum absolute atomic E-state index is 13.8. The molecular formula is C29H33N3O7. The summed E-state index contributed by atoms with van der Waals surface area (Å²) in [5.74, 6) is 2.16. The molecule has 0 saturated carbocycles. The number of furan rings is 1. The molecule has 2 aliphatic rings. The minimum absolute atomic E-state index is 0.0777. The summed E-state index contributed by atoms with van der Waals surface area (Å²) in [6.07, 6.45) is 1.58. The summed E-state index contributed by atoms with van der Waals surface area (Å²) in [6.45, 7) is 4.65. The van der Waals surface area contributed by atoms with E-state index in [1.165, 1.54) is 0 Å². The van der Waals surface area contributed by atoms with Crippen molar-refractivity contribution in [1.29, 1.82) is 0 Å². The van der Waals surface area contributed by atoms with Gasteiger partial charge in [0.05, 0.1) is 33.1 Å². The Morgan fingerprint density at radius 3 is 2.59 bits per heavy atom. The van der Waals surface area contributed by atoms with Crippen molar-refractivity contribution in [2.75, 3.05) is 59.8 Å². The third-order valence-corrected chi connectivity index (χ3v) is 6.81. The number of hydrogen-bond donors (Lipinski definition) is 0. The van der Waals surface area contributed by atoms with Crippen molar-refractivity contribution in [3.63, 3.8) is 0 Å². The largest absolute Gasteiger partial charge is 0.497 e. The van der Waals surface area contributed by atoms with Gasteiger partial charge in [-0.15, -0.1) is 0 Å². The molecular weight excluding hydrogens is 502 g/mol. The second kappa shape index (κ2) is 12.7. The van der Waals surface area contributed by atoms with E-state index in [1.54, 1.807) is 53.5 Å². The summed E-state index contributed by atoms with van der Waals surface area (Å²) in [6, 6.07) is 16.3. The lowest BCUT2D eigenvalue weighted by atomic mass is 10.1. The van der Waals surface area contributed by atoms with E-state index in [1.807, 2.05) is 24.3 Å². The van der Waals surface area contributed by atoms with Crippen molar-refractivity contribution in [2.24, 2.45) is 0 Å². The topological polar surface area (TPSA) is 93.9 Å². The van der Waals surface area contributed by atoms with Crippen LogP contribution in [0.5, 0.6) is 17.2 Å². The van der Waals surface area contributed by atoms with Gasteiger partial charge in [-0.3, -0.25) is 14.5 Å². The molecule has 10 nitrogen and oxygen atoms in total. The van der Waals surface area contributed by atoms with Gasteiger partial charge in [0.25, 0.3) is 5.91 Å². The predicted molar refractivity (Wildman–Crippen MR) is 142 cm³/mol. The Labute approximate surface area is 227 Å². The molecule has 1 aromatic heterocycles. The molecule has 2 amide bonds. The minimum Gasteiger partial charge on any atom is -0.497 e. The van der Waals surface area contributed by atoms with Crippen LogP contribution in [-0.4, -0.2) is 86.4 Å². The van der Waals surface area contributed by atoms with Gasteiger partial charge in [0.2, 0.25) is 12.7 Å². The molecule has 3 aromatic rings. The van der Waals surface area contributed by atoms with Crippen molar-refractivity contribution in [2.45, 2.75) is 13.1 Å². The molecule has 10 heteroatoms. The lowest BCUT2D eigenvalue weighted by Gasteiger charge is -2.31. The number of rotatable bonds is 11. The van der Waals surface area contributed by atoms with Gasteiger partial charge in [-0.05, 0) is 48.0 Å². The number of nitrogens with zero attached hydrogens (tertiary/aromatic N) is 3. The highest BCUT2D eigenvalue weighted by Crippen LogP contribution is 2.33. The molecule has 0 unspecified atom stereocenters. The van der Waals surface area contributed by atoms with E-state index in [0.717, 1.165) is 18.7 Å². The molecule has 1 saturated heterocycles. The Bertz CT molecular complexity index is 1260. The van der Waals surface area contributed by atoms with Gasteiger partial charge in [-0.1, -0.05) is 12.1 Å². The second-order valence-corrected chi connectivity index (χ2v) is 9.43. The van der Waals surface area contributed by atoms with Gasteiger partial charge in [0.15, 0.2) is 11.5 Å². The number of carbonyl (C=O) groups is 2. The molecule has 39 heavy (non-hydrogen) atoms. The number of ether oxygens (including phenoxy) is 4. The molecule has 5 rings (SSSR count). The molecule has 206 valence electrons. The van der Waals surface area contributed by atoms with Crippen LogP contribution in [0.15, 0.2) is 65.3 Å². The van der Waals surface area contributed by atoms with Crippen LogP contribution in [0, 0.1) is 0 Å². The van der Waals surface area contributed by atoms with Crippen LogP contribution >= 0.6 is 0 Å². The summed E-state index contributed by atoms with van der Waals surface area (Å²) < 4.78 is 27.3. The molecule has 0 spiro atoms. The van der Waals surface area contributed by atoms with Crippen LogP contribution in [0.3, 0.4) is 0 Å². The molecule has 0 aliphatic carbocycles.